The Morgan fingerprint density at radius 2 is 1.74 bits per heavy atom. The normalized spacial score (nSPS) is 20.9. The van der Waals surface area contributed by atoms with Crippen LogP contribution in [0.5, 0.6) is 0 Å². The quantitative estimate of drug-likeness (QED) is 0.742. The summed E-state index contributed by atoms with van der Waals surface area (Å²) >= 11 is 0. The van der Waals surface area contributed by atoms with Crippen LogP contribution in [-0.4, -0.2) is 30.1 Å². The van der Waals surface area contributed by atoms with E-state index in [-0.39, 0.29) is 11.9 Å². The number of hydrogen-bond donors (Lipinski definition) is 2. The Morgan fingerprint density at radius 1 is 1.21 bits per heavy atom. The molecule has 1 saturated carbocycles. The summed E-state index contributed by atoms with van der Waals surface area (Å²) in [6.45, 7) is 3.83. The van der Waals surface area contributed by atoms with Crippen molar-refractivity contribution in [3.05, 3.63) is 0 Å². The second-order valence-electron chi connectivity index (χ2n) is 5.33. The van der Waals surface area contributed by atoms with Gasteiger partial charge in [-0.2, -0.15) is 0 Å². The summed E-state index contributed by atoms with van der Waals surface area (Å²) in [6, 6.07) is -0.508. The SMILES string of the molecule is CCOC(=O)[C@H](C)NC1(C(N)=O)CCCCCCC1. The Labute approximate surface area is 115 Å². The van der Waals surface area contributed by atoms with Gasteiger partial charge in [-0.05, 0) is 26.7 Å². The maximum atomic E-state index is 11.9. The Bertz CT molecular complexity index is 310. The lowest BCUT2D eigenvalue weighted by Crippen LogP contribution is -2.60. The Balaban J connectivity index is 2.74. The van der Waals surface area contributed by atoms with Gasteiger partial charge in [0.25, 0.3) is 0 Å². The van der Waals surface area contributed by atoms with Gasteiger partial charge in [-0.3, -0.25) is 14.9 Å². The number of carbonyl (C=O) groups is 2. The first-order valence-corrected chi connectivity index (χ1v) is 7.26. The number of nitrogens with one attached hydrogen (secondary N) is 1. The smallest absolute Gasteiger partial charge is 0.322 e. The van der Waals surface area contributed by atoms with Gasteiger partial charge in [0, 0.05) is 0 Å². The molecule has 0 heterocycles. The first-order valence-electron chi connectivity index (χ1n) is 7.26. The van der Waals surface area contributed by atoms with Crippen LogP contribution >= 0.6 is 0 Å². The van der Waals surface area contributed by atoms with Gasteiger partial charge in [-0.1, -0.05) is 32.1 Å². The van der Waals surface area contributed by atoms with Crippen LogP contribution in [0.25, 0.3) is 0 Å². The van der Waals surface area contributed by atoms with E-state index in [0.29, 0.717) is 19.4 Å². The summed E-state index contributed by atoms with van der Waals surface area (Å²) in [5.74, 6) is -0.685. The highest BCUT2D eigenvalue weighted by Crippen LogP contribution is 2.26. The monoisotopic (exact) mass is 270 g/mol. The first-order chi connectivity index (χ1) is 9.02. The highest BCUT2D eigenvalue weighted by Gasteiger charge is 2.38. The van der Waals surface area contributed by atoms with Gasteiger partial charge in [-0.25, -0.2) is 0 Å². The molecule has 19 heavy (non-hydrogen) atoms. The number of rotatable bonds is 5. The molecule has 0 unspecified atom stereocenters. The minimum absolute atomic E-state index is 0.329. The van der Waals surface area contributed by atoms with Gasteiger partial charge >= 0.3 is 5.97 Å². The van der Waals surface area contributed by atoms with Crippen molar-refractivity contribution >= 4 is 11.9 Å². The van der Waals surface area contributed by atoms with E-state index in [1.54, 1.807) is 13.8 Å². The van der Waals surface area contributed by atoms with E-state index < -0.39 is 11.6 Å². The summed E-state index contributed by atoms with van der Waals surface area (Å²) in [5, 5.41) is 3.14. The molecule has 110 valence electrons. The Hall–Kier alpha value is -1.10. The maximum Gasteiger partial charge on any atom is 0.322 e. The number of carbonyl (C=O) groups excluding carboxylic acids is 2. The summed E-state index contributed by atoms with van der Waals surface area (Å²) in [4.78, 5) is 23.6. The van der Waals surface area contributed by atoms with Crippen molar-refractivity contribution in [2.45, 2.75) is 70.4 Å². The summed E-state index contributed by atoms with van der Waals surface area (Å²) in [6.07, 6.45) is 6.77. The van der Waals surface area contributed by atoms with E-state index in [0.717, 1.165) is 25.7 Å². The molecule has 5 nitrogen and oxygen atoms in total. The molecule has 0 aromatic heterocycles. The van der Waals surface area contributed by atoms with Crippen LogP contribution in [0.1, 0.15) is 58.8 Å². The van der Waals surface area contributed by atoms with E-state index in [2.05, 4.69) is 5.32 Å². The van der Waals surface area contributed by atoms with Crippen molar-refractivity contribution in [1.82, 2.24) is 5.32 Å². The van der Waals surface area contributed by atoms with Crippen LogP contribution in [-0.2, 0) is 14.3 Å². The Kier molecular flexibility index (Phi) is 6.28. The molecule has 1 aliphatic carbocycles. The average molecular weight is 270 g/mol. The van der Waals surface area contributed by atoms with Gasteiger partial charge < -0.3 is 10.5 Å². The first kappa shape index (κ1) is 16.0. The number of hydrogen-bond acceptors (Lipinski definition) is 4. The predicted octanol–water partition coefficient (Wildman–Crippen LogP) is 1.50. The largest absolute Gasteiger partial charge is 0.465 e. The third kappa shape index (κ3) is 4.49. The third-order valence-electron chi connectivity index (χ3n) is 3.81. The fraction of sp³-hybridized carbons (Fsp3) is 0.857. The van der Waals surface area contributed by atoms with Crippen LogP contribution in [0.4, 0.5) is 0 Å². The van der Waals surface area contributed by atoms with Gasteiger partial charge in [0.15, 0.2) is 0 Å². The van der Waals surface area contributed by atoms with Gasteiger partial charge in [0.05, 0.1) is 12.1 Å². The highest BCUT2D eigenvalue weighted by atomic mass is 16.5. The molecule has 0 aromatic rings. The second kappa shape index (κ2) is 7.48. The highest BCUT2D eigenvalue weighted by molar-refractivity contribution is 5.86. The van der Waals surface area contributed by atoms with E-state index >= 15 is 0 Å². The van der Waals surface area contributed by atoms with E-state index in [1.165, 1.54) is 6.42 Å². The van der Waals surface area contributed by atoms with Gasteiger partial charge in [0.1, 0.15) is 6.04 Å². The lowest BCUT2D eigenvalue weighted by Gasteiger charge is -2.35. The predicted molar refractivity (Wildman–Crippen MR) is 73.5 cm³/mol. The van der Waals surface area contributed by atoms with Gasteiger partial charge in [0.2, 0.25) is 5.91 Å². The maximum absolute atomic E-state index is 11.9. The summed E-state index contributed by atoms with van der Waals surface area (Å²) in [7, 11) is 0. The molecule has 5 heteroatoms. The molecule has 1 rings (SSSR count). The molecular weight excluding hydrogens is 244 g/mol. The minimum Gasteiger partial charge on any atom is -0.465 e. The molecule has 0 aliphatic heterocycles. The van der Waals surface area contributed by atoms with Crippen molar-refractivity contribution in [2.75, 3.05) is 6.61 Å². The molecule has 0 saturated heterocycles. The number of amides is 1. The van der Waals surface area contributed by atoms with Crippen molar-refractivity contribution in [3.8, 4) is 0 Å². The lowest BCUT2D eigenvalue weighted by molar-refractivity contribution is -0.146. The van der Waals surface area contributed by atoms with Crippen LogP contribution in [0.15, 0.2) is 0 Å². The zero-order chi connectivity index (χ0) is 14.3. The lowest BCUT2D eigenvalue weighted by atomic mass is 9.82. The standard InChI is InChI=1S/C14H26N2O3/c1-3-19-12(17)11(2)16-14(13(15)18)9-7-5-4-6-8-10-14/h11,16H,3-10H2,1-2H3,(H2,15,18)/t11-/m0/s1. The van der Waals surface area contributed by atoms with E-state index in [4.69, 9.17) is 10.5 Å². The van der Waals surface area contributed by atoms with Gasteiger partial charge in [-0.15, -0.1) is 0 Å². The number of nitrogens with two attached hydrogens (primary N) is 1. The van der Waals surface area contributed by atoms with E-state index in [9.17, 15) is 9.59 Å². The molecule has 0 bridgehead atoms. The molecule has 1 amide bonds. The van der Waals surface area contributed by atoms with Crippen LogP contribution < -0.4 is 11.1 Å². The number of ether oxygens (including phenoxy) is 1. The fourth-order valence-electron chi connectivity index (χ4n) is 2.71. The molecule has 1 atom stereocenters. The van der Waals surface area contributed by atoms with Crippen LogP contribution in [0.2, 0.25) is 0 Å². The summed E-state index contributed by atoms with van der Waals surface area (Å²) in [5.41, 5.74) is 4.83. The topological polar surface area (TPSA) is 81.4 Å². The zero-order valence-electron chi connectivity index (χ0n) is 12.0. The average Bonchev–Trinajstić information content (AvgIpc) is 2.32. The zero-order valence-corrected chi connectivity index (χ0v) is 12.0. The molecule has 1 fully saturated rings. The van der Waals surface area contributed by atoms with Crippen molar-refractivity contribution < 1.29 is 14.3 Å². The molecule has 0 aromatic carbocycles. The molecular formula is C14H26N2O3. The molecule has 0 radical (unpaired) electrons. The second-order valence-corrected chi connectivity index (χ2v) is 5.33. The Morgan fingerprint density at radius 3 is 2.21 bits per heavy atom. The van der Waals surface area contributed by atoms with Crippen molar-refractivity contribution in [3.63, 3.8) is 0 Å². The van der Waals surface area contributed by atoms with Crippen LogP contribution in [0, 0.1) is 0 Å². The molecule has 3 N–H and O–H groups in total. The van der Waals surface area contributed by atoms with Crippen molar-refractivity contribution in [1.29, 1.82) is 0 Å². The number of primary amides is 1. The third-order valence-corrected chi connectivity index (χ3v) is 3.81. The van der Waals surface area contributed by atoms with E-state index in [1.807, 2.05) is 0 Å². The minimum atomic E-state index is -0.757. The fourth-order valence-corrected chi connectivity index (χ4v) is 2.71. The van der Waals surface area contributed by atoms with Crippen LogP contribution in [0.3, 0.4) is 0 Å². The molecule has 0 spiro atoms. The number of esters is 1. The van der Waals surface area contributed by atoms with Crippen molar-refractivity contribution in [2.24, 2.45) is 5.73 Å². The summed E-state index contributed by atoms with van der Waals surface area (Å²) < 4.78 is 4.97. The molecule has 1 aliphatic rings.